The molecule has 8 heteroatoms. The molecule has 1 fully saturated rings. The number of hydrogen-bond donors (Lipinski definition) is 1. The molecule has 0 unspecified atom stereocenters. The van der Waals surface area contributed by atoms with Gasteiger partial charge in [0.15, 0.2) is 0 Å². The summed E-state index contributed by atoms with van der Waals surface area (Å²) in [4.78, 5) is 26.6. The Morgan fingerprint density at radius 2 is 2.13 bits per heavy atom. The molecule has 0 spiro atoms. The molecule has 1 aliphatic heterocycles. The summed E-state index contributed by atoms with van der Waals surface area (Å²) < 4.78 is 6.73. The van der Waals surface area contributed by atoms with Crippen molar-refractivity contribution in [2.75, 3.05) is 19.7 Å². The van der Waals surface area contributed by atoms with Crippen molar-refractivity contribution >= 4 is 29.4 Å². The Morgan fingerprint density at radius 1 is 1.30 bits per heavy atom. The monoisotopic (exact) mass is 422 g/mol. The number of nitrogens with one attached hydrogen (secondary N) is 1. The van der Waals surface area contributed by atoms with Crippen LogP contribution in [0.15, 0.2) is 60.1 Å². The van der Waals surface area contributed by atoms with Crippen LogP contribution in [-0.4, -0.2) is 52.4 Å². The van der Waals surface area contributed by atoms with Gasteiger partial charge in [-0.05, 0) is 36.6 Å². The second-order valence-corrected chi connectivity index (χ2v) is 7.94. The van der Waals surface area contributed by atoms with E-state index in [4.69, 9.17) is 9.84 Å². The molecule has 30 heavy (non-hydrogen) atoms. The first-order chi connectivity index (χ1) is 14.6. The van der Waals surface area contributed by atoms with Gasteiger partial charge in [0.25, 0.3) is 0 Å². The van der Waals surface area contributed by atoms with E-state index in [9.17, 15) is 9.59 Å². The number of hydrogen-bond acceptors (Lipinski definition) is 5. The zero-order valence-electron chi connectivity index (χ0n) is 16.5. The Labute approximate surface area is 178 Å². The van der Waals surface area contributed by atoms with Crippen molar-refractivity contribution in [1.82, 2.24) is 20.0 Å². The van der Waals surface area contributed by atoms with Crippen molar-refractivity contribution in [2.45, 2.75) is 13.0 Å². The molecule has 1 saturated heterocycles. The van der Waals surface area contributed by atoms with E-state index in [2.05, 4.69) is 5.32 Å². The Kier molecular flexibility index (Phi) is 5.94. The number of ether oxygens (including phenoxy) is 1. The predicted octanol–water partition coefficient (Wildman–Crippen LogP) is 3.57. The van der Waals surface area contributed by atoms with Crippen LogP contribution in [0.25, 0.3) is 22.3 Å². The SMILES string of the molecule is C[C@H](CN1CCOC1=O)NC(=O)/C=C\c1cn(-c2ccccc2)nc1-c1cccs1. The number of carbonyl (C=O) groups excluding carboxylic acids is 2. The van der Waals surface area contributed by atoms with Crippen LogP contribution in [0.5, 0.6) is 0 Å². The van der Waals surface area contributed by atoms with Gasteiger partial charge in [0, 0.05) is 30.4 Å². The summed E-state index contributed by atoms with van der Waals surface area (Å²) in [6.07, 6.45) is 4.86. The Balaban J connectivity index is 1.48. The lowest BCUT2D eigenvalue weighted by Crippen LogP contribution is -2.41. The molecule has 1 N–H and O–H groups in total. The number of cyclic esters (lactones) is 1. The Hall–Kier alpha value is -3.39. The van der Waals surface area contributed by atoms with Gasteiger partial charge in [0.1, 0.15) is 12.3 Å². The van der Waals surface area contributed by atoms with Crippen LogP contribution in [0, 0.1) is 0 Å². The van der Waals surface area contributed by atoms with Crippen LogP contribution in [0.1, 0.15) is 12.5 Å². The minimum absolute atomic E-state index is 0.184. The van der Waals surface area contributed by atoms with Crippen molar-refractivity contribution in [3.05, 3.63) is 65.7 Å². The summed E-state index contributed by atoms with van der Waals surface area (Å²) in [6.45, 7) is 3.24. The standard InChI is InChI=1S/C22H22N4O3S/c1-16(14-25-11-12-29-22(25)28)23-20(27)10-9-17-15-26(18-6-3-2-4-7-18)24-21(17)19-8-5-13-30-19/h2-10,13,15-16H,11-12,14H2,1H3,(H,23,27)/b10-9-/t16-/m1/s1. The molecule has 0 radical (unpaired) electrons. The average molecular weight is 423 g/mol. The third-order valence-corrected chi connectivity index (χ3v) is 5.54. The quantitative estimate of drug-likeness (QED) is 0.591. The highest BCUT2D eigenvalue weighted by molar-refractivity contribution is 7.13. The molecule has 2 amide bonds. The smallest absolute Gasteiger partial charge is 0.410 e. The van der Waals surface area contributed by atoms with Gasteiger partial charge in [-0.1, -0.05) is 24.3 Å². The van der Waals surface area contributed by atoms with E-state index in [0.29, 0.717) is 19.7 Å². The molecule has 154 valence electrons. The first-order valence-corrected chi connectivity index (χ1v) is 10.6. The molecule has 1 atom stereocenters. The highest BCUT2D eigenvalue weighted by Gasteiger charge is 2.23. The second kappa shape index (κ2) is 8.96. The van der Waals surface area contributed by atoms with Crippen LogP contribution < -0.4 is 5.32 Å². The molecular formula is C22H22N4O3S. The maximum atomic E-state index is 12.4. The molecular weight excluding hydrogens is 400 g/mol. The number of thiophene rings is 1. The number of rotatable bonds is 7. The zero-order valence-corrected chi connectivity index (χ0v) is 17.3. The van der Waals surface area contributed by atoms with Gasteiger partial charge < -0.3 is 15.0 Å². The minimum Gasteiger partial charge on any atom is -0.448 e. The molecule has 0 bridgehead atoms. The van der Waals surface area contributed by atoms with Crippen molar-refractivity contribution < 1.29 is 14.3 Å². The van der Waals surface area contributed by atoms with E-state index in [0.717, 1.165) is 21.8 Å². The lowest BCUT2D eigenvalue weighted by molar-refractivity contribution is -0.117. The lowest BCUT2D eigenvalue weighted by atomic mass is 10.2. The molecule has 1 aromatic carbocycles. The number of carbonyl (C=O) groups is 2. The van der Waals surface area contributed by atoms with Gasteiger partial charge in [0.05, 0.1) is 17.1 Å². The van der Waals surface area contributed by atoms with E-state index >= 15 is 0 Å². The zero-order chi connectivity index (χ0) is 20.9. The predicted molar refractivity (Wildman–Crippen MR) is 116 cm³/mol. The summed E-state index contributed by atoms with van der Waals surface area (Å²) in [7, 11) is 0. The molecule has 7 nitrogen and oxygen atoms in total. The fraction of sp³-hybridized carbons (Fsp3) is 0.227. The second-order valence-electron chi connectivity index (χ2n) is 6.99. The average Bonchev–Trinajstić information content (AvgIpc) is 3.48. The van der Waals surface area contributed by atoms with Gasteiger partial charge in [-0.3, -0.25) is 4.79 Å². The van der Waals surface area contributed by atoms with E-state index in [1.54, 1.807) is 22.3 Å². The highest BCUT2D eigenvalue weighted by Crippen LogP contribution is 2.28. The molecule has 4 rings (SSSR count). The molecule has 3 heterocycles. The van der Waals surface area contributed by atoms with E-state index < -0.39 is 0 Å². The van der Waals surface area contributed by atoms with Gasteiger partial charge in [0.2, 0.25) is 5.91 Å². The summed E-state index contributed by atoms with van der Waals surface area (Å²) in [5.74, 6) is -0.223. The van der Waals surface area contributed by atoms with Crippen molar-refractivity contribution in [1.29, 1.82) is 0 Å². The van der Waals surface area contributed by atoms with Gasteiger partial charge in [-0.2, -0.15) is 5.10 Å². The van der Waals surface area contributed by atoms with E-state index in [1.807, 2.05) is 65.6 Å². The maximum Gasteiger partial charge on any atom is 0.410 e. The number of nitrogens with zero attached hydrogens (tertiary/aromatic N) is 3. The largest absolute Gasteiger partial charge is 0.448 e. The fourth-order valence-corrected chi connectivity index (χ4v) is 3.98. The van der Waals surface area contributed by atoms with E-state index in [-0.39, 0.29) is 18.0 Å². The van der Waals surface area contributed by atoms with Gasteiger partial charge in [-0.25, -0.2) is 9.48 Å². The third-order valence-electron chi connectivity index (χ3n) is 4.66. The minimum atomic E-state index is -0.333. The third kappa shape index (κ3) is 4.60. The molecule has 3 aromatic rings. The number of para-hydroxylation sites is 1. The molecule has 0 aliphatic carbocycles. The lowest BCUT2D eigenvalue weighted by Gasteiger charge is -2.18. The summed E-state index contributed by atoms with van der Waals surface area (Å²) in [5.41, 5.74) is 2.63. The maximum absolute atomic E-state index is 12.4. The number of benzene rings is 1. The Morgan fingerprint density at radius 3 is 2.83 bits per heavy atom. The van der Waals surface area contributed by atoms with Crippen molar-refractivity contribution in [2.24, 2.45) is 0 Å². The number of aromatic nitrogens is 2. The summed E-state index contributed by atoms with van der Waals surface area (Å²) in [5, 5.41) is 9.62. The van der Waals surface area contributed by atoms with Crippen molar-refractivity contribution in [3.63, 3.8) is 0 Å². The molecule has 0 saturated carbocycles. The number of amides is 2. The van der Waals surface area contributed by atoms with Crippen LogP contribution in [-0.2, 0) is 9.53 Å². The fourth-order valence-electron chi connectivity index (χ4n) is 3.25. The molecule has 1 aliphatic rings. The van der Waals surface area contributed by atoms with Crippen LogP contribution >= 0.6 is 11.3 Å². The first-order valence-electron chi connectivity index (χ1n) is 9.69. The normalized spacial score (nSPS) is 14.8. The van der Waals surface area contributed by atoms with E-state index in [1.165, 1.54) is 6.08 Å². The van der Waals surface area contributed by atoms with Gasteiger partial charge >= 0.3 is 6.09 Å². The van der Waals surface area contributed by atoms with Crippen LogP contribution in [0.4, 0.5) is 4.79 Å². The topological polar surface area (TPSA) is 76.5 Å². The van der Waals surface area contributed by atoms with Gasteiger partial charge in [-0.15, -0.1) is 11.3 Å². The van der Waals surface area contributed by atoms with Crippen molar-refractivity contribution in [3.8, 4) is 16.3 Å². The highest BCUT2D eigenvalue weighted by atomic mass is 32.1. The first kappa shape index (κ1) is 19.9. The van der Waals surface area contributed by atoms with Crippen LogP contribution in [0.3, 0.4) is 0 Å². The summed E-state index contributed by atoms with van der Waals surface area (Å²) >= 11 is 1.60. The molecule has 2 aromatic heterocycles. The Bertz CT molecular complexity index is 1040. The van der Waals surface area contributed by atoms with Crippen LogP contribution in [0.2, 0.25) is 0 Å². The summed E-state index contributed by atoms with van der Waals surface area (Å²) in [6, 6.07) is 13.7.